The lowest BCUT2D eigenvalue weighted by molar-refractivity contribution is -0.140. The number of imide groups is 1. The first-order valence-corrected chi connectivity index (χ1v) is 11.6. The second kappa shape index (κ2) is 14.9. The minimum atomic E-state index is -0.00221. The minimum absolute atomic E-state index is 0.00221. The van der Waals surface area contributed by atoms with Gasteiger partial charge in [-0.2, -0.15) is 0 Å². The largest absolute Gasteiger partial charge is 0.275 e. The van der Waals surface area contributed by atoms with Gasteiger partial charge in [-0.25, -0.2) is 0 Å². The molecule has 0 aliphatic carbocycles. The maximum absolute atomic E-state index is 12.2. The summed E-state index contributed by atoms with van der Waals surface area (Å²) in [5.74, 6) is 0.0506. The summed E-state index contributed by atoms with van der Waals surface area (Å²) < 4.78 is 0. The molecule has 0 bridgehead atoms. The van der Waals surface area contributed by atoms with Crippen molar-refractivity contribution in [2.45, 2.75) is 130 Å². The topological polar surface area (TPSA) is 37.4 Å². The van der Waals surface area contributed by atoms with E-state index in [0.29, 0.717) is 12.8 Å². The number of likely N-dealkylation sites (tertiary alicyclic amines) is 1. The van der Waals surface area contributed by atoms with Crippen molar-refractivity contribution in [1.82, 2.24) is 4.90 Å². The average Bonchev–Trinajstić information content (AvgIpc) is 2.99. The van der Waals surface area contributed by atoms with Crippen LogP contribution < -0.4 is 0 Å². The number of hydrogen-bond acceptors (Lipinski definition) is 2. The molecule has 156 valence electrons. The first-order valence-electron chi connectivity index (χ1n) is 11.6. The van der Waals surface area contributed by atoms with Gasteiger partial charge in [0, 0.05) is 12.8 Å². The molecule has 0 aromatic carbocycles. The summed E-state index contributed by atoms with van der Waals surface area (Å²) in [7, 11) is 0. The second-order valence-corrected chi connectivity index (χ2v) is 8.23. The predicted molar refractivity (Wildman–Crippen MR) is 115 cm³/mol. The van der Waals surface area contributed by atoms with Crippen molar-refractivity contribution in [3.05, 3.63) is 11.6 Å². The molecule has 0 saturated carbocycles. The Labute approximate surface area is 168 Å². The highest BCUT2D eigenvalue weighted by Crippen LogP contribution is 2.25. The molecule has 1 rings (SSSR count). The fraction of sp³-hybridized carbons (Fsp3) is 0.833. The number of rotatable bonds is 16. The number of carbonyl (C=O) groups is 2. The Morgan fingerprint density at radius 1 is 0.815 bits per heavy atom. The molecular weight excluding hydrogens is 334 g/mol. The van der Waals surface area contributed by atoms with Crippen molar-refractivity contribution in [2.24, 2.45) is 0 Å². The van der Waals surface area contributed by atoms with Crippen molar-refractivity contribution in [3.8, 4) is 0 Å². The summed E-state index contributed by atoms with van der Waals surface area (Å²) in [4.78, 5) is 25.9. The highest BCUT2D eigenvalue weighted by Gasteiger charge is 2.35. The Morgan fingerprint density at radius 2 is 1.30 bits per heavy atom. The van der Waals surface area contributed by atoms with Crippen LogP contribution in [0.2, 0.25) is 0 Å². The van der Waals surface area contributed by atoms with Gasteiger partial charge in [0.25, 0.3) is 0 Å². The smallest absolute Gasteiger partial charge is 0.230 e. The molecule has 0 aromatic rings. The van der Waals surface area contributed by atoms with Crippen molar-refractivity contribution in [3.63, 3.8) is 0 Å². The van der Waals surface area contributed by atoms with Gasteiger partial charge in [-0.3, -0.25) is 14.5 Å². The predicted octanol–water partition coefficient (Wildman–Crippen LogP) is 6.95. The molecule has 3 heteroatoms. The van der Waals surface area contributed by atoms with E-state index < -0.39 is 0 Å². The molecule has 1 heterocycles. The van der Waals surface area contributed by atoms with Crippen molar-refractivity contribution < 1.29 is 9.59 Å². The Kier molecular flexibility index (Phi) is 13.2. The maximum atomic E-state index is 12.2. The van der Waals surface area contributed by atoms with Crippen molar-refractivity contribution >= 4 is 11.8 Å². The number of nitrogens with zero attached hydrogens (tertiary/aromatic N) is 1. The van der Waals surface area contributed by atoms with Crippen LogP contribution in [0, 0.1) is 0 Å². The van der Waals surface area contributed by atoms with E-state index in [-0.39, 0.29) is 17.9 Å². The lowest BCUT2D eigenvalue weighted by Crippen LogP contribution is -2.40. The van der Waals surface area contributed by atoms with Crippen LogP contribution in [0.25, 0.3) is 0 Å². The molecule has 1 aliphatic rings. The highest BCUT2D eigenvalue weighted by molar-refractivity contribution is 6.02. The molecule has 0 radical (unpaired) electrons. The quantitative estimate of drug-likeness (QED) is 0.166. The molecule has 0 N–H and O–H groups in total. The molecule has 1 unspecified atom stereocenters. The molecule has 27 heavy (non-hydrogen) atoms. The van der Waals surface area contributed by atoms with Crippen LogP contribution in [0.1, 0.15) is 124 Å². The molecule has 0 spiro atoms. The number of unbranched alkanes of at least 4 members (excludes halogenated alkanes) is 11. The van der Waals surface area contributed by atoms with Gasteiger partial charge in [-0.1, -0.05) is 96.1 Å². The summed E-state index contributed by atoms with van der Waals surface area (Å²) in [5.41, 5.74) is 1.22. The first kappa shape index (κ1) is 23.9. The van der Waals surface area contributed by atoms with Gasteiger partial charge < -0.3 is 0 Å². The Hall–Kier alpha value is -1.12. The maximum Gasteiger partial charge on any atom is 0.230 e. The number of allylic oxidation sites excluding steroid dienone is 1. The Bertz CT molecular complexity index is 439. The molecule has 1 saturated heterocycles. The molecule has 3 nitrogen and oxygen atoms in total. The van der Waals surface area contributed by atoms with Crippen molar-refractivity contribution in [1.29, 1.82) is 0 Å². The second-order valence-electron chi connectivity index (χ2n) is 8.23. The van der Waals surface area contributed by atoms with E-state index >= 15 is 0 Å². The van der Waals surface area contributed by atoms with Crippen LogP contribution in [0.15, 0.2) is 11.6 Å². The molecule has 1 aliphatic heterocycles. The normalized spacial score (nSPS) is 16.4. The third-order valence-corrected chi connectivity index (χ3v) is 5.78. The van der Waals surface area contributed by atoms with E-state index in [0.717, 1.165) is 32.1 Å². The minimum Gasteiger partial charge on any atom is -0.275 e. The first-order chi connectivity index (χ1) is 13.1. The third-order valence-electron chi connectivity index (χ3n) is 5.78. The molecule has 1 fully saturated rings. The molecule has 1 atom stereocenters. The zero-order chi connectivity index (χ0) is 19.9. The lowest BCUT2D eigenvalue weighted by atomic mass is 9.98. The van der Waals surface area contributed by atoms with E-state index in [1.165, 1.54) is 63.4 Å². The summed E-state index contributed by atoms with van der Waals surface area (Å²) in [6.07, 6.45) is 20.6. The van der Waals surface area contributed by atoms with Crippen LogP contribution in [-0.4, -0.2) is 22.8 Å². The van der Waals surface area contributed by atoms with Gasteiger partial charge in [0.15, 0.2) is 0 Å². The van der Waals surface area contributed by atoms with Crippen molar-refractivity contribution in [2.75, 3.05) is 0 Å². The molecule has 2 amide bonds. The monoisotopic (exact) mass is 377 g/mol. The Balaban J connectivity index is 2.35. The fourth-order valence-corrected chi connectivity index (χ4v) is 4.01. The van der Waals surface area contributed by atoms with E-state index in [4.69, 9.17) is 0 Å². The molecular formula is C24H43NO2. The van der Waals surface area contributed by atoms with Crippen LogP contribution in [0.5, 0.6) is 0 Å². The Morgan fingerprint density at radius 3 is 1.85 bits per heavy atom. The van der Waals surface area contributed by atoms with Crippen LogP contribution in [0.4, 0.5) is 0 Å². The van der Waals surface area contributed by atoms with E-state index in [1.807, 2.05) is 0 Å². The van der Waals surface area contributed by atoms with Gasteiger partial charge in [0.2, 0.25) is 11.8 Å². The fourth-order valence-electron chi connectivity index (χ4n) is 4.01. The summed E-state index contributed by atoms with van der Waals surface area (Å²) >= 11 is 0. The summed E-state index contributed by atoms with van der Waals surface area (Å²) in [6, 6.07) is -0.00221. The SMILES string of the molecule is CCCCCCCCCCC/C=C(\C)C(CCCCC)N1C(=O)CCC1=O. The van der Waals surface area contributed by atoms with Gasteiger partial charge in [0.05, 0.1) is 6.04 Å². The van der Waals surface area contributed by atoms with Crippen LogP contribution in [0.3, 0.4) is 0 Å². The lowest BCUT2D eigenvalue weighted by Gasteiger charge is -2.27. The number of hydrogen-bond donors (Lipinski definition) is 0. The van der Waals surface area contributed by atoms with Gasteiger partial charge in [-0.15, -0.1) is 0 Å². The summed E-state index contributed by atoms with van der Waals surface area (Å²) in [6.45, 7) is 6.57. The average molecular weight is 378 g/mol. The van der Waals surface area contributed by atoms with E-state index in [9.17, 15) is 9.59 Å². The third kappa shape index (κ3) is 9.58. The van der Waals surface area contributed by atoms with Gasteiger partial charge in [0.1, 0.15) is 0 Å². The van der Waals surface area contributed by atoms with Gasteiger partial charge >= 0.3 is 0 Å². The standard InChI is InChI=1S/C24H43NO2/c1-4-6-8-9-10-11-12-13-14-16-17-21(3)22(18-15-7-5-2)25-23(26)19-20-24(25)27/h17,22H,4-16,18-20H2,1-3H3/b21-17+. The van der Waals surface area contributed by atoms with E-state index in [2.05, 4.69) is 26.8 Å². The van der Waals surface area contributed by atoms with E-state index in [1.54, 1.807) is 4.90 Å². The van der Waals surface area contributed by atoms with Crippen LogP contribution >= 0.6 is 0 Å². The number of carbonyl (C=O) groups excluding carboxylic acids is 2. The number of amides is 2. The van der Waals surface area contributed by atoms with Crippen LogP contribution in [-0.2, 0) is 9.59 Å². The zero-order valence-electron chi connectivity index (χ0n) is 18.2. The zero-order valence-corrected chi connectivity index (χ0v) is 18.2. The summed E-state index contributed by atoms with van der Waals surface area (Å²) in [5, 5.41) is 0. The highest BCUT2D eigenvalue weighted by atomic mass is 16.2. The van der Waals surface area contributed by atoms with Gasteiger partial charge in [-0.05, 0) is 26.2 Å². The molecule has 0 aromatic heterocycles.